The Morgan fingerprint density at radius 2 is 1.72 bits per heavy atom. The zero-order valence-electron chi connectivity index (χ0n) is 12.4. The van der Waals surface area contributed by atoms with Crippen LogP contribution in [0.15, 0.2) is 24.3 Å². The van der Waals surface area contributed by atoms with Crippen molar-refractivity contribution < 1.29 is 4.74 Å². The molecule has 0 saturated heterocycles. The molecule has 1 aromatic rings. The SMILES string of the molecule is CCc1ccc(C(N)C(C)OC(C)(C)CC)cc1. The second-order valence-electron chi connectivity index (χ2n) is 5.56. The fraction of sp³-hybridized carbons (Fsp3) is 0.625. The number of rotatable bonds is 6. The van der Waals surface area contributed by atoms with Gasteiger partial charge < -0.3 is 10.5 Å². The maximum atomic E-state index is 6.27. The summed E-state index contributed by atoms with van der Waals surface area (Å²) in [6.07, 6.45) is 2.07. The summed E-state index contributed by atoms with van der Waals surface area (Å²) in [5.74, 6) is 0. The van der Waals surface area contributed by atoms with Crippen LogP contribution in [0.25, 0.3) is 0 Å². The summed E-state index contributed by atoms with van der Waals surface area (Å²) in [6.45, 7) is 10.6. The smallest absolute Gasteiger partial charge is 0.0746 e. The molecule has 0 aromatic heterocycles. The molecule has 0 aliphatic rings. The highest BCUT2D eigenvalue weighted by atomic mass is 16.5. The number of benzene rings is 1. The van der Waals surface area contributed by atoms with Crippen LogP contribution >= 0.6 is 0 Å². The van der Waals surface area contributed by atoms with Crippen LogP contribution in [0.3, 0.4) is 0 Å². The molecule has 0 spiro atoms. The van der Waals surface area contributed by atoms with Crippen molar-refractivity contribution in [2.45, 2.75) is 65.2 Å². The predicted molar refractivity (Wildman–Crippen MR) is 77.7 cm³/mol. The third-order valence-electron chi connectivity index (χ3n) is 3.63. The highest BCUT2D eigenvalue weighted by molar-refractivity contribution is 5.25. The molecule has 102 valence electrons. The van der Waals surface area contributed by atoms with Gasteiger partial charge in [0.1, 0.15) is 0 Å². The molecule has 2 nitrogen and oxygen atoms in total. The summed E-state index contributed by atoms with van der Waals surface area (Å²) in [4.78, 5) is 0. The van der Waals surface area contributed by atoms with Crippen molar-refractivity contribution in [1.29, 1.82) is 0 Å². The summed E-state index contributed by atoms with van der Waals surface area (Å²) >= 11 is 0. The molecule has 2 atom stereocenters. The Labute approximate surface area is 112 Å². The van der Waals surface area contributed by atoms with Gasteiger partial charge in [-0.2, -0.15) is 0 Å². The molecule has 0 saturated carbocycles. The minimum absolute atomic E-state index is 0.0208. The molecule has 2 N–H and O–H groups in total. The Morgan fingerprint density at radius 1 is 1.17 bits per heavy atom. The lowest BCUT2D eigenvalue weighted by molar-refractivity contribution is -0.0752. The first-order valence-electron chi connectivity index (χ1n) is 6.92. The van der Waals surface area contributed by atoms with E-state index in [0.29, 0.717) is 0 Å². The van der Waals surface area contributed by atoms with Gasteiger partial charge in [0.25, 0.3) is 0 Å². The Bertz CT molecular complexity index is 356. The molecule has 2 heteroatoms. The summed E-state index contributed by atoms with van der Waals surface area (Å²) in [5, 5.41) is 0. The second-order valence-corrected chi connectivity index (χ2v) is 5.56. The summed E-state index contributed by atoms with van der Waals surface area (Å²) in [5.41, 5.74) is 8.64. The lowest BCUT2D eigenvalue weighted by atomic mass is 9.99. The molecule has 0 heterocycles. The molecule has 2 unspecified atom stereocenters. The Kier molecular flexibility index (Phi) is 5.36. The molecule has 0 amide bonds. The van der Waals surface area contributed by atoms with Gasteiger partial charge in [0, 0.05) is 0 Å². The minimum atomic E-state index is -0.111. The van der Waals surface area contributed by atoms with Crippen molar-refractivity contribution >= 4 is 0 Å². The maximum absolute atomic E-state index is 6.27. The van der Waals surface area contributed by atoms with E-state index in [1.807, 2.05) is 0 Å². The molecule has 0 aliphatic heterocycles. The predicted octanol–water partition coefficient (Wildman–Crippen LogP) is 3.84. The van der Waals surface area contributed by atoms with E-state index >= 15 is 0 Å². The zero-order chi connectivity index (χ0) is 13.8. The van der Waals surface area contributed by atoms with E-state index in [2.05, 4.69) is 58.9 Å². The molecule has 0 aliphatic carbocycles. The molecule has 0 bridgehead atoms. The number of hydrogen-bond donors (Lipinski definition) is 1. The van der Waals surface area contributed by atoms with E-state index in [9.17, 15) is 0 Å². The van der Waals surface area contributed by atoms with Crippen LogP contribution in [-0.2, 0) is 11.2 Å². The largest absolute Gasteiger partial charge is 0.371 e. The molecule has 1 aromatic carbocycles. The van der Waals surface area contributed by atoms with Gasteiger partial charge in [-0.25, -0.2) is 0 Å². The standard InChI is InChI=1S/C16H27NO/c1-6-13-8-10-14(11-9-13)15(17)12(3)18-16(4,5)7-2/h8-12,15H,6-7,17H2,1-5H3. The third kappa shape index (κ3) is 4.11. The topological polar surface area (TPSA) is 35.2 Å². The zero-order valence-corrected chi connectivity index (χ0v) is 12.4. The van der Waals surface area contributed by atoms with Crippen LogP contribution < -0.4 is 5.73 Å². The van der Waals surface area contributed by atoms with Gasteiger partial charge in [-0.15, -0.1) is 0 Å². The van der Waals surface area contributed by atoms with Crippen LogP contribution in [-0.4, -0.2) is 11.7 Å². The fourth-order valence-corrected chi connectivity index (χ4v) is 1.91. The van der Waals surface area contributed by atoms with Crippen molar-refractivity contribution in [3.8, 4) is 0 Å². The van der Waals surface area contributed by atoms with Crippen molar-refractivity contribution in [3.05, 3.63) is 35.4 Å². The first-order chi connectivity index (χ1) is 8.39. The number of nitrogens with two attached hydrogens (primary N) is 1. The van der Waals surface area contributed by atoms with Crippen LogP contribution in [0.1, 0.15) is 58.2 Å². The Morgan fingerprint density at radius 3 is 2.17 bits per heavy atom. The molecule has 18 heavy (non-hydrogen) atoms. The summed E-state index contributed by atoms with van der Waals surface area (Å²) in [7, 11) is 0. The molecule has 0 radical (unpaired) electrons. The van der Waals surface area contributed by atoms with Crippen LogP contribution in [0.4, 0.5) is 0 Å². The van der Waals surface area contributed by atoms with Gasteiger partial charge in [0.2, 0.25) is 0 Å². The lowest BCUT2D eigenvalue weighted by Crippen LogP contribution is -2.35. The van der Waals surface area contributed by atoms with Crippen LogP contribution in [0.2, 0.25) is 0 Å². The van der Waals surface area contributed by atoms with Gasteiger partial charge in [-0.05, 0) is 44.7 Å². The van der Waals surface area contributed by atoms with E-state index in [1.165, 1.54) is 5.56 Å². The quantitative estimate of drug-likeness (QED) is 0.831. The van der Waals surface area contributed by atoms with E-state index in [0.717, 1.165) is 18.4 Å². The normalized spacial score (nSPS) is 15.4. The second kappa shape index (κ2) is 6.35. The van der Waals surface area contributed by atoms with E-state index in [1.54, 1.807) is 0 Å². The Balaban J connectivity index is 2.70. The fourth-order valence-electron chi connectivity index (χ4n) is 1.91. The molecule has 1 rings (SSSR count). The van der Waals surface area contributed by atoms with Crippen molar-refractivity contribution in [3.63, 3.8) is 0 Å². The van der Waals surface area contributed by atoms with Gasteiger partial charge >= 0.3 is 0 Å². The summed E-state index contributed by atoms with van der Waals surface area (Å²) < 4.78 is 6.03. The average Bonchev–Trinajstić information content (AvgIpc) is 2.37. The lowest BCUT2D eigenvalue weighted by Gasteiger charge is -2.31. The average molecular weight is 249 g/mol. The minimum Gasteiger partial charge on any atom is -0.371 e. The van der Waals surface area contributed by atoms with E-state index in [-0.39, 0.29) is 17.7 Å². The monoisotopic (exact) mass is 249 g/mol. The van der Waals surface area contributed by atoms with Gasteiger partial charge in [-0.1, -0.05) is 38.1 Å². The van der Waals surface area contributed by atoms with Crippen molar-refractivity contribution in [1.82, 2.24) is 0 Å². The third-order valence-corrected chi connectivity index (χ3v) is 3.63. The van der Waals surface area contributed by atoms with E-state index in [4.69, 9.17) is 10.5 Å². The van der Waals surface area contributed by atoms with Gasteiger partial charge in [0.05, 0.1) is 17.7 Å². The molecular weight excluding hydrogens is 222 g/mol. The highest BCUT2D eigenvalue weighted by Crippen LogP contribution is 2.23. The highest BCUT2D eigenvalue weighted by Gasteiger charge is 2.23. The summed E-state index contributed by atoms with van der Waals surface area (Å²) in [6, 6.07) is 8.45. The van der Waals surface area contributed by atoms with Gasteiger partial charge in [0.15, 0.2) is 0 Å². The first kappa shape index (κ1) is 15.2. The number of aryl methyl sites for hydroxylation is 1. The van der Waals surface area contributed by atoms with Crippen LogP contribution in [0.5, 0.6) is 0 Å². The molecular formula is C16H27NO. The van der Waals surface area contributed by atoms with Gasteiger partial charge in [-0.3, -0.25) is 0 Å². The van der Waals surface area contributed by atoms with Crippen molar-refractivity contribution in [2.24, 2.45) is 5.73 Å². The number of ether oxygens (including phenoxy) is 1. The number of hydrogen-bond acceptors (Lipinski definition) is 2. The van der Waals surface area contributed by atoms with Crippen LogP contribution in [0, 0.1) is 0 Å². The van der Waals surface area contributed by atoms with Crippen molar-refractivity contribution in [2.75, 3.05) is 0 Å². The van der Waals surface area contributed by atoms with E-state index < -0.39 is 0 Å². The Hall–Kier alpha value is -0.860. The molecule has 0 fully saturated rings. The first-order valence-corrected chi connectivity index (χ1v) is 6.92. The maximum Gasteiger partial charge on any atom is 0.0746 e.